The molecular weight excluding hydrogens is 462 g/mol. The summed E-state index contributed by atoms with van der Waals surface area (Å²) in [6, 6.07) is 10.3. The lowest BCUT2D eigenvalue weighted by Gasteiger charge is -2.55. The standard InChI is InChI=1S/C32H43NO4/c34-29(31-16-22-10-23(17-31)12-24(11-22)18-31)36-8-6-33(28-4-2-1-3-5-28)7-9-37-30(35)32-19-25-13-26(20-32)15-27(14-25)21-32/h1-5,22-27H,6-21H2. The highest BCUT2D eigenvalue weighted by Gasteiger charge is 2.56. The van der Waals surface area contributed by atoms with Crippen molar-refractivity contribution in [1.82, 2.24) is 0 Å². The predicted molar refractivity (Wildman–Crippen MR) is 142 cm³/mol. The molecule has 0 atom stereocenters. The summed E-state index contributed by atoms with van der Waals surface area (Å²) < 4.78 is 12.0. The maximum atomic E-state index is 13.3. The molecule has 0 aromatic heterocycles. The molecule has 8 saturated carbocycles. The molecule has 0 amide bonds. The molecule has 8 bridgehead atoms. The minimum atomic E-state index is -0.209. The van der Waals surface area contributed by atoms with E-state index >= 15 is 0 Å². The van der Waals surface area contributed by atoms with Crippen LogP contribution in [0.1, 0.15) is 77.0 Å². The van der Waals surface area contributed by atoms with E-state index in [2.05, 4.69) is 17.0 Å². The van der Waals surface area contributed by atoms with Crippen molar-refractivity contribution in [2.75, 3.05) is 31.2 Å². The molecule has 8 aliphatic rings. The lowest BCUT2D eigenvalue weighted by atomic mass is 9.49. The van der Waals surface area contributed by atoms with Gasteiger partial charge in [-0.1, -0.05) is 18.2 Å². The number of esters is 2. The first-order valence-corrected chi connectivity index (χ1v) is 15.1. The minimum absolute atomic E-state index is 0.0489. The van der Waals surface area contributed by atoms with Crippen LogP contribution in [0.3, 0.4) is 0 Å². The third-order valence-corrected chi connectivity index (χ3v) is 11.3. The number of carbonyl (C=O) groups excluding carboxylic acids is 2. The van der Waals surface area contributed by atoms with Crippen LogP contribution in [0.4, 0.5) is 5.69 Å². The molecule has 1 aromatic rings. The third-order valence-electron chi connectivity index (χ3n) is 11.3. The molecule has 1 aromatic carbocycles. The van der Waals surface area contributed by atoms with E-state index < -0.39 is 0 Å². The molecule has 0 radical (unpaired) electrons. The summed E-state index contributed by atoms with van der Waals surface area (Å²) in [7, 11) is 0. The first kappa shape index (κ1) is 24.0. The Morgan fingerprint density at radius 1 is 0.622 bits per heavy atom. The fourth-order valence-corrected chi connectivity index (χ4v) is 10.5. The minimum Gasteiger partial charge on any atom is -0.463 e. The van der Waals surface area contributed by atoms with Crippen molar-refractivity contribution < 1.29 is 19.1 Å². The predicted octanol–water partition coefficient (Wildman–Crippen LogP) is 6.01. The number of hydrogen-bond donors (Lipinski definition) is 0. The van der Waals surface area contributed by atoms with Crippen LogP contribution in [0.5, 0.6) is 0 Å². The highest BCUT2D eigenvalue weighted by Crippen LogP contribution is 2.61. The molecule has 0 spiro atoms. The van der Waals surface area contributed by atoms with E-state index in [0.29, 0.717) is 26.3 Å². The van der Waals surface area contributed by atoms with Crippen LogP contribution >= 0.6 is 0 Å². The first-order chi connectivity index (χ1) is 18.0. The van der Waals surface area contributed by atoms with E-state index in [4.69, 9.17) is 9.47 Å². The van der Waals surface area contributed by atoms with Crippen molar-refractivity contribution in [3.8, 4) is 0 Å². The molecule has 0 aliphatic heterocycles. The van der Waals surface area contributed by atoms with E-state index in [0.717, 1.165) is 79.7 Å². The van der Waals surface area contributed by atoms with Gasteiger partial charge < -0.3 is 14.4 Å². The van der Waals surface area contributed by atoms with Gasteiger partial charge in [-0.15, -0.1) is 0 Å². The zero-order valence-electron chi connectivity index (χ0n) is 22.2. The zero-order valence-corrected chi connectivity index (χ0v) is 22.2. The summed E-state index contributed by atoms with van der Waals surface area (Å²) in [5, 5.41) is 0. The Kier molecular flexibility index (Phi) is 6.05. The van der Waals surface area contributed by atoms with Crippen molar-refractivity contribution in [2.24, 2.45) is 46.3 Å². The largest absolute Gasteiger partial charge is 0.463 e. The summed E-state index contributed by atoms with van der Waals surface area (Å²) >= 11 is 0. The number of nitrogens with zero attached hydrogens (tertiary/aromatic N) is 1. The average molecular weight is 506 g/mol. The molecule has 0 N–H and O–H groups in total. The van der Waals surface area contributed by atoms with Crippen LogP contribution in [0.15, 0.2) is 30.3 Å². The van der Waals surface area contributed by atoms with E-state index in [1.807, 2.05) is 18.2 Å². The lowest BCUT2D eigenvalue weighted by molar-refractivity contribution is -0.171. The van der Waals surface area contributed by atoms with E-state index in [9.17, 15) is 9.59 Å². The molecule has 0 unspecified atom stereocenters. The molecular formula is C32H43NO4. The maximum absolute atomic E-state index is 13.3. The fourth-order valence-electron chi connectivity index (χ4n) is 10.5. The van der Waals surface area contributed by atoms with Gasteiger partial charge in [0.25, 0.3) is 0 Å². The van der Waals surface area contributed by atoms with Gasteiger partial charge in [-0.2, -0.15) is 0 Å². The monoisotopic (exact) mass is 505 g/mol. The molecule has 200 valence electrons. The quantitative estimate of drug-likeness (QED) is 0.385. The summed E-state index contributed by atoms with van der Waals surface area (Å²) in [6.45, 7) is 2.02. The van der Waals surface area contributed by atoms with Gasteiger partial charge in [0, 0.05) is 5.69 Å². The Hall–Kier alpha value is -2.04. The smallest absolute Gasteiger partial charge is 0.312 e. The Labute approximate surface area is 221 Å². The van der Waals surface area contributed by atoms with Crippen LogP contribution in [-0.4, -0.2) is 38.2 Å². The number of benzene rings is 1. The number of ether oxygens (including phenoxy) is 2. The summed E-state index contributed by atoms with van der Waals surface area (Å²) in [5.41, 5.74) is 0.665. The number of rotatable bonds is 9. The van der Waals surface area contributed by atoms with Gasteiger partial charge in [0.05, 0.1) is 23.9 Å². The first-order valence-electron chi connectivity index (χ1n) is 15.1. The van der Waals surface area contributed by atoms with Gasteiger partial charge in [0.2, 0.25) is 0 Å². The van der Waals surface area contributed by atoms with Gasteiger partial charge in [-0.3, -0.25) is 9.59 Å². The molecule has 9 rings (SSSR count). The Balaban J connectivity index is 0.946. The van der Waals surface area contributed by atoms with Gasteiger partial charge in [0.1, 0.15) is 13.2 Å². The highest BCUT2D eigenvalue weighted by atomic mass is 16.5. The molecule has 8 aliphatic carbocycles. The number of carbonyl (C=O) groups is 2. The summed E-state index contributed by atoms with van der Waals surface area (Å²) in [5.74, 6) is 4.53. The Morgan fingerprint density at radius 3 is 1.32 bits per heavy atom. The second kappa shape index (κ2) is 9.31. The topological polar surface area (TPSA) is 55.8 Å². The van der Waals surface area contributed by atoms with Crippen molar-refractivity contribution in [2.45, 2.75) is 77.0 Å². The SMILES string of the molecule is O=C(OCCN(CCOC(=O)C12CC3CC(CC(C3)C1)C2)c1ccccc1)C12CC3CC(CC(C3)C1)C2. The van der Waals surface area contributed by atoms with Gasteiger partial charge in [0.15, 0.2) is 0 Å². The lowest BCUT2D eigenvalue weighted by Crippen LogP contribution is -2.51. The molecule has 37 heavy (non-hydrogen) atoms. The van der Waals surface area contributed by atoms with E-state index in [1.165, 1.54) is 38.5 Å². The van der Waals surface area contributed by atoms with Crippen molar-refractivity contribution in [1.29, 1.82) is 0 Å². The van der Waals surface area contributed by atoms with Crippen molar-refractivity contribution >= 4 is 17.6 Å². The van der Waals surface area contributed by atoms with Gasteiger partial charge in [-0.25, -0.2) is 0 Å². The van der Waals surface area contributed by atoms with Crippen LogP contribution < -0.4 is 4.90 Å². The molecule has 8 fully saturated rings. The van der Waals surface area contributed by atoms with Gasteiger partial charge in [-0.05, 0) is 125 Å². The molecule has 0 saturated heterocycles. The van der Waals surface area contributed by atoms with Gasteiger partial charge >= 0.3 is 11.9 Å². The second-order valence-electron chi connectivity index (χ2n) is 14.0. The zero-order chi connectivity index (χ0) is 25.0. The van der Waals surface area contributed by atoms with Crippen LogP contribution in [-0.2, 0) is 19.1 Å². The van der Waals surface area contributed by atoms with Crippen molar-refractivity contribution in [3.05, 3.63) is 30.3 Å². The average Bonchev–Trinajstić information content (AvgIpc) is 2.86. The van der Waals surface area contributed by atoms with E-state index in [-0.39, 0.29) is 22.8 Å². The molecule has 5 nitrogen and oxygen atoms in total. The van der Waals surface area contributed by atoms with Crippen LogP contribution in [0.2, 0.25) is 0 Å². The van der Waals surface area contributed by atoms with Crippen LogP contribution in [0.25, 0.3) is 0 Å². The fraction of sp³-hybridized carbons (Fsp3) is 0.750. The maximum Gasteiger partial charge on any atom is 0.312 e. The van der Waals surface area contributed by atoms with Crippen LogP contribution in [0, 0.1) is 46.3 Å². The Morgan fingerprint density at radius 2 is 0.973 bits per heavy atom. The second-order valence-corrected chi connectivity index (χ2v) is 14.0. The number of anilines is 1. The molecule has 5 heteroatoms. The highest BCUT2D eigenvalue weighted by molar-refractivity contribution is 5.78. The Bertz CT molecular complexity index is 886. The summed E-state index contributed by atoms with van der Waals surface area (Å²) in [6.07, 6.45) is 14.2. The molecule has 0 heterocycles. The summed E-state index contributed by atoms with van der Waals surface area (Å²) in [4.78, 5) is 28.8. The van der Waals surface area contributed by atoms with E-state index in [1.54, 1.807) is 0 Å². The number of para-hydroxylation sites is 1. The normalized spacial score (nSPS) is 40.5. The third kappa shape index (κ3) is 4.48. The number of hydrogen-bond acceptors (Lipinski definition) is 5. The van der Waals surface area contributed by atoms with Crippen molar-refractivity contribution in [3.63, 3.8) is 0 Å².